The lowest BCUT2D eigenvalue weighted by Gasteiger charge is -2.21. The molecule has 4 atom stereocenters. The molecule has 13 nitrogen and oxygen atoms in total. The number of benzene rings is 2. The van der Waals surface area contributed by atoms with Gasteiger partial charge in [-0.1, -0.05) is 43.3 Å². The number of esters is 2. The summed E-state index contributed by atoms with van der Waals surface area (Å²) in [7, 11) is -6.88. The Balaban J connectivity index is 0.000000749. The molecule has 0 fully saturated rings. The van der Waals surface area contributed by atoms with Gasteiger partial charge in [0.05, 0.1) is 25.5 Å². The van der Waals surface area contributed by atoms with Gasteiger partial charge in [-0.2, -0.15) is 0 Å². The van der Waals surface area contributed by atoms with Gasteiger partial charge in [0.25, 0.3) is 5.97 Å². The summed E-state index contributed by atoms with van der Waals surface area (Å²) in [4.78, 5) is 32.1. The normalized spacial score (nSPS) is 14.3. The molecule has 15 heteroatoms. The van der Waals surface area contributed by atoms with E-state index in [2.05, 4.69) is 0 Å². The highest BCUT2D eigenvalue weighted by atomic mass is 31.2. The van der Waals surface area contributed by atoms with Crippen LogP contribution in [0.2, 0.25) is 0 Å². The number of aliphatic carboxylic acids is 1. The summed E-state index contributed by atoms with van der Waals surface area (Å²) in [6.45, 7) is 9.93. The Labute approximate surface area is 259 Å². The van der Waals surface area contributed by atoms with Crippen molar-refractivity contribution in [1.29, 1.82) is 0 Å². The first-order valence-corrected chi connectivity index (χ1v) is 17.5. The van der Waals surface area contributed by atoms with Crippen molar-refractivity contribution in [3.63, 3.8) is 0 Å². The van der Waals surface area contributed by atoms with Gasteiger partial charge in [-0.25, -0.2) is 18.7 Å². The van der Waals surface area contributed by atoms with E-state index in [0.717, 1.165) is 6.92 Å². The van der Waals surface area contributed by atoms with Crippen LogP contribution in [0.3, 0.4) is 0 Å². The third kappa shape index (κ3) is 18.5. The Hall–Kier alpha value is -3.21. The lowest BCUT2D eigenvalue weighted by molar-refractivity contribution is -0.151. The smallest absolute Gasteiger partial charge is 0.381 e. The molecule has 0 aliphatic carbocycles. The first-order valence-electron chi connectivity index (χ1n) is 14.0. The Kier molecular flexibility index (Phi) is 20.7. The number of para-hydroxylation sites is 2. The fraction of sp³-hybridized carbons (Fsp3) is 0.483. The van der Waals surface area contributed by atoms with Crippen molar-refractivity contribution >= 4 is 33.1 Å². The van der Waals surface area contributed by atoms with Crippen LogP contribution in [-0.4, -0.2) is 67.3 Å². The number of carbonyl (C=O) groups is 3. The molecule has 0 saturated carbocycles. The molecular weight excluding hydrogens is 616 g/mol. The predicted octanol–water partition coefficient (Wildman–Crippen LogP) is 5.91. The highest BCUT2D eigenvalue weighted by molar-refractivity contribution is 7.54. The van der Waals surface area contributed by atoms with Gasteiger partial charge < -0.3 is 29.4 Å². The summed E-state index contributed by atoms with van der Waals surface area (Å²) in [5.41, 5.74) is 5.43. The van der Waals surface area contributed by atoms with E-state index in [1.807, 2.05) is 19.1 Å². The minimum Gasteiger partial charge on any atom is -0.481 e. The van der Waals surface area contributed by atoms with Crippen molar-refractivity contribution in [1.82, 2.24) is 0 Å². The van der Waals surface area contributed by atoms with E-state index in [9.17, 15) is 18.7 Å². The van der Waals surface area contributed by atoms with Crippen LogP contribution in [0.25, 0.3) is 0 Å². The number of carboxylic acid groups (broad SMARTS) is 1. The Morgan fingerprint density at radius 1 is 0.727 bits per heavy atom. The van der Waals surface area contributed by atoms with E-state index in [-0.39, 0.29) is 32.1 Å². The maximum absolute atomic E-state index is 12.6. The van der Waals surface area contributed by atoms with E-state index in [0.29, 0.717) is 17.9 Å². The molecule has 2 aromatic carbocycles. The zero-order valence-electron chi connectivity index (χ0n) is 26.1. The lowest BCUT2D eigenvalue weighted by atomic mass is 10.3. The Bertz CT molecular complexity index is 1110. The second-order valence-corrected chi connectivity index (χ2v) is 12.9. The summed E-state index contributed by atoms with van der Waals surface area (Å²) in [5, 5.41) is 7.42. The zero-order valence-corrected chi connectivity index (χ0v) is 27.9. The molecular formula is C29H45NO12P2. The molecule has 0 aromatic heterocycles. The van der Waals surface area contributed by atoms with Gasteiger partial charge in [-0.3, -0.25) is 13.8 Å². The van der Waals surface area contributed by atoms with Gasteiger partial charge in [0.15, 0.2) is 12.2 Å². The molecule has 3 N–H and O–H groups in total. The number of nitrogens with two attached hydrogens (primary N) is 1. The lowest BCUT2D eigenvalue weighted by Crippen LogP contribution is -2.24. The summed E-state index contributed by atoms with van der Waals surface area (Å²) in [5.74, 6) is -1.09. The standard InChI is InChI=1S/C14H21O5P.C13H20NO5P.C2H4O2/c1-4-11-20(16,18-12(3)14(15)17-5-2)19-13-9-7-6-8-10-13;1-3-17-13(15)11(2)18-20(16,10-9-14)19-12-7-5-4-6-8-12;1-2(3)4/h6-10,12H,4-5,11H2,1-3H3;4-8,11H,3,9-10,14H2,1-2H3;1H3,(H,3,4). The fourth-order valence-electron chi connectivity index (χ4n) is 3.04. The molecule has 248 valence electrons. The highest BCUT2D eigenvalue weighted by Gasteiger charge is 2.32. The van der Waals surface area contributed by atoms with Crippen LogP contribution in [0.4, 0.5) is 0 Å². The van der Waals surface area contributed by atoms with Crippen molar-refractivity contribution < 1.29 is 56.2 Å². The van der Waals surface area contributed by atoms with E-state index in [1.54, 1.807) is 62.4 Å². The first kappa shape index (κ1) is 40.8. The van der Waals surface area contributed by atoms with Crippen molar-refractivity contribution in [3.8, 4) is 11.5 Å². The molecule has 0 bridgehead atoms. The SMILES string of the molecule is CC(=O)O.CCCP(=O)(Oc1ccccc1)OC(C)C(=O)OCC.CCOC(=O)C(C)OP(=O)(CCN)Oc1ccccc1. The molecule has 0 heterocycles. The second kappa shape index (κ2) is 22.3. The summed E-state index contributed by atoms with van der Waals surface area (Å²) < 4.78 is 56.3. The quantitative estimate of drug-likeness (QED) is 0.160. The first-order chi connectivity index (χ1) is 20.7. The summed E-state index contributed by atoms with van der Waals surface area (Å²) in [6, 6.07) is 17.4. The topological polar surface area (TPSA) is 187 Å². The molecule has 0 amide bonds. The fourth-order valence-corrected chi connectivity index (χ4v) is 6.41. The van der Waals surface area contributed by atoms with E-state index in [4.69, 9.17) is 43.2 Å². The van der Waals surface area contributed by atoms with Crippen LogP contribution >= 0.6 is 15.2 Å². The van der Waals surface area contributed by atoms with Crippen LogP contribution in [0.15, 0.2) is 60.7 Å². The second-order valence-electron chi connectivity index (χ2n) is 8.78. The molecule has 0 aliphatic heterocycles. The molecule has 0 aliphatic rings. The number of hydrogen-bond acceptors (Lipinski definition) is 12. The number of carboxylic acids is 1. The average molecular weight is 662 g/mol. The van der Waals surface area contributed by atoms with Crippen molar-refractivity contribution in [2.24, 2.45) is 5.73 Å². The molecule has 0 saturated heterocycles. The molecule has 4 unspecified atom stereocenters. The number of hydrogen-bond donors (Lipinski definition) is 2. The molecule has 2 aromatic rings. The van der Waals surface area contributed by atoms with Crippen molar-refractivity contribution in [2.75, 3.05) is 32.1 Å². The van der Waals surface area contributed by atoms with Gasteiger partial charge in [-0.15, -0.1) is 0 Å². The predicted molar refractivity (Wildman–Crippen MR) is 166 cm³/mol. The van der Waals surface area contributed by atoms with Gasteiger partial charge in [0, 0.05) is 13.5 Å². The Morgan fingerprint density at radius 2 is 1.07 bits per heavy atom. The molecule has 0 radical (unpaired) electrons. The molecule has 44 heavy (non-hydrogen) atoms. The maximum atomic E-state index is 12.6. The third-order valence-corrected chi connectivity index (χ3v) is 8.80. The van der Waals surface area contributed by atoms with Crippen LogP contribution in [-0.2, 0) is 42.0 Å². The molecule has 2 rings (SSSR count). The number of rotatable bonds is 16. The molecule has 0 spiro atoms. The van der Waals surface area contributed by atoms with Crippen molar-refractivity contribution in [2.45, 2.75) is 60.2 Å². The zero-order chi connectivity index (χ0) is 33.6. The minimum absolute atomic E-state index is 0.0195. The van der Waals surface area contributed by atoms with Crippen LogP contribution in [0, 0.1) is 0 Å². The monoisotopic (exact) mass is 661 g/mol. The highest BCUT2D eigenvalue weighted by Crippen LogP contribution is 2.50. The third-order valence-electron chi connectivity index (χ3n) is 4.75. The summed E-state index contributed by atoms with van der Waals surface area (Å²) in [6.07, 6.45) is -1.01. The van der Waals surface area contributed by atoms with Crippen LogP contribution in [0.1, 0.15) is 48.0 Å². The largest absolute Gasteiger partial charge is 0.481 e. The van der Waals surface area contributed by atoms with E-state index in [1.165, 1.54) is 13.8 Å². The number of ether oxygens (including phenoxy) is 2. The van der Waals surface area contributed by atoms with E-state index < -0.39 is 45.3 Å². The van der Waals surface area contributed by atoms with Gasteiger partial charge >= 0.3 is 27.1 Å². The maximum Gasteiger partial charge on any atom is 0.381 e. The van der Waals surface area contributed by atoms with E-state index >= 15 is 0 Å². The van der Waals surface area contributed by atoms with Crippen molar-refractivity contribution in [3.05, 3.63) is 60.7 Å². The van der Waals surface area contributed by atoms with Crippen LogP contribution < -0.4 is 14.8 Å². The number of carbonyl (C=O) groups excluding carboxylic acids is 2. The summed E-state index contributed by atoms with van der Waals surface area (Å²) >= 11 is 0. The van der Waals surface area contributed by atoms with Gasteiger partial charge in [-0.05, 0) is 58.4 Å². The van der Waals surface area contributed by atoms with Gasteiger partial charge in [0.1, 0.15) is 11.5 Å². The Morgan fingerprint density at radius 3 is 1.36 bits per heavy atom. The minimum atomic E-state index is -3.50. The average Bonchev–Trinajstić information content (AvgIpc) is 2.94. The van der Waals surface area contributed by atoms with Crippen LogP contribution in [0.5, 0.6) is 11.5 Å². The van der Waals surface area contributed by atoms with Gasteiger partial charge in [0.2, 0.25) is 0 Å².